The second kappa shape index (κ2) is 42.9. The van der Waals surface area contributed by atoms with Crippen LogP contribution >= 0.6 is 35.7 Å². The topological polar surface area (TPSA) is 220 Å². The van der Waals surface area contributed by atoms with Crippen LogP contribution in [0.1, 0.15) is 114 Å². The average molecular weight is 886 g/mol. The maximum absolute atomic E-state index is 11.4. The SMILES string of the molecule is CC(C)CCO.CCSC(=S)SC(C)(C#N)CCC=O.CNCC(C)C.CNCCCCCOC1CC(OC(C)=O)C(OC(C)=O)C(COC(C)=O)O1.O=CCCO. The van der Waals surface area contributed by atoms with Gasteiger partial charge < -0.3 is 54.1 Å². The highest BCUT2D eigenvalue weighted by Gasteiger charge is 2.44. The van der Waals surface area contributed by atoms with Crippen LogP contribution in [-0.2, 0) is 47.7 Å². The van der Waals surface area contributed by atoms with Gasteiger partial charge in [0.1, 0.15) is 39.7 Å². The number of carbonyl (C=O) groups excluding carboxylic acids is 5. The maximum atomic E-state index is 11.4. The lowest BCUT2D eigenvalue weighted by Gasteiger charge is -2.39. The van der Waals surface area contributed by atoms with Gasteiger partial charge in [-0.1, -0.05) is 58.6 Å². The van der Waals surface area contributed by atoms with Gasteiger partial charge in [-0.3, -0.25) is 14.4 Å². The Bertz CT molecular complexity index is 1100. The molecule has 340 valence electrons. The van der Waals surface area contributed by atoms with E-state index in [-0.39, 0.29) is 26.1 Å². The summed E-state index contributed by atoms with van der Waals surface area (Å²) >= 11 is 8.05. The van der Waals surface area contributed by atoms with Crippen molar-refractivity contribution in [2.45, 2.75) is 143 Å². The third-order valence-corrected chi connectivity index (χ3v) is 9.69. The highest BCUT2D eigenvalue weighted by molar-refractivity contribution is 8.47. The summed E-state index contributed by atoms with van der Waals surface area (Å²) in [7, 11) is 3.88. The van der Waals surface area contributed by atoms with Crippen molar-refractivity contribution in [3.05, 3.63) is 0 Å². The molecule has 0 amide bonds. The number of aliphatic hydroxyl groups is 2. The van der Waals surface area contributed by atoms with Crippen molar-refractivity contribution in [3.63, 3.8) is 0 Å². The number of unbranched alkanes of at least 4 members (excludes halogenated alkanes) is 2. The standard InChI is InChI=1S/C18H31NO8.C9H13NOS3.C5H13N.C5H12O.C3H6O2/c1-12(20)24-11-16-18(26-14(3)22)15(25-13(2)21)10-17(27-16)23-9-7-5-6-8-19-4;1-3-13-8(12)14-9(2,7-10)5-4-6-11;1-5(2)4-6-3;1-5(2)3-4-6;4-2-1-3-5/h15-19H,5-11H2,1-4H3;6H,3-5H2,1-2H3;5-6H,4H2,1-3H3;5-6H,3-4H2,1-2H3;2,5H,1,3H2. The van der Waals surface area contributed by atoms with Gasteiger partial charge in [0.2, 0.25) is 0 Å². The lowest BCUT2D eigenvalue weighted by atomic mass is 10.0. The van der Waals surface area contributed by atoms with E-state index in [0.29, 0.717) is 38.3 Å². The molecule has 0 aromatic rings. The van der Waals surface area contributed by atoms with Crippen molar-refractivity contribution >= 4 is 69.8 Å². The molecule has 18 heteroatoms. The Morgan fingerprint density at radius 2 is 1.57 bits per heavy atom. The first kappa shape index (κ1) is 62.4. The molecule has 1 heterocycles. The fourth-order valence-electron chi connectivity index (χ4n) is 4.31. The predicted molar refractivity (Wildman–Crippen MR) is 235 cm³/mol. The summed E-state index contributed by atoms with van der Waals surface area (Å²) in [5.41, 5.74) is 0. The van der Waals surface area contributed by atoms with Crippen LogP contribution in [-0.4, -0.2) is 133 Å². The molecule has 5 unspecified atom stereocenters. The van der Waals surface area contributed by atoms with Crippen LogP contribution in [0.4, 0.5) is 0 Å². The number of carbonyl (C=O) groups is 5. The molecule has 0 radical (unpaired) electrons. The molecule has 0 bridgehead atoms. The van der Waals surface area contributed by atoms with Gasteiger partial charge in [0.05, 0.1) is 6.07 Å². The van der Waals surface area contributed by atoms with Crippen LogP contribution in [0.15, 0.2) is 0 Å². The van der Waals surface area contributed by atoms with Crippen molar-refractivity contribution in [2.75, 3.05) is 59.4 Å². The largest absolute Gasteiger partial charge is 0.463 e. The van der Waals surface area contributed by atoms with E-state index < -0.39 is 47.3 Å². The number of esters is 3. The molecule has 58 heavy (non-hydrogen) atoms. The molecule has 0 aliphatic carbocycles. The van der Waals surface area contributed by atoms with Crippen molar-refractivity contribution < 1.29 is 57.9 Å². The minimum atomic E-state index is -0.874. The van der Waals surface area contributed by atoms with Gasteiger partial charge in [-0.05, 0) is 83.8 Å². The van der Waals surface area contributed by atoms with Gasteiger partial charge in [-0.15, -0.1) is 11.8 Å². The van der Waals surface area contributed by atoms with Gasteiger partial charge in [0, 0.05) is 59.9 Å². The molecule has 5 atom stereocenters. The van der Waals surface area contributed by atoms with Crippen molar-refractivity contribution in [1.29, 1.82) is 5.26 Å². The van der Waals surface area contributed by atoms with Gasteiger partial charge in [-0.2, -0.15) is 5.26 Å². The van der Waals surface area contributed by atoms with Crippen LogP contribution in [0, 0.1) is 23.2 Å². The Balaban J connectivity index is -0.000000387. The number of aliphatic hydroxyl groups excluding tert-OH is 2. The monoisotopic (exact) mass is 885 g/mol. The molecule has 15 nitrogen and oxygen atoms in total. The number of aldehydes is 2. The molecular formula is C40H75N3O12S3. The Labute approximate surface area is 362 Å². The molecule has 1 aliphatic heterocycles. The number of thioether (sulfide) groups is 2. The highest BCUT2D eigenvalue weighted by atomic mass is 32.2. The van der Waals surface area contributed by atoms with E-state index in [1.807, 2.05) is 27.9 Å². The Kier molecular flexibility index (Phi) is 46.2. The predicted octanol–water partition coefficient (Wildman–Crippen LogP) is 5.41. The van der Waals surface area contributed by atoms with Crippen LogP contribution in [0.5, 0.6) is 0 Å². The van der Waals surface area contributed by atoms with Gasteiger partial charge in [0.15, 0.2) is 12.4 Å². The van der Waals surface area contributed by atoms with E-state index in [2.05, 4.69) is 44.4 Å². The molecule has 4 N–H and O–H groups in total. The second-order valence-electron chi connectivity index (χ2n) is 13.8. The van der Waals surface area contributed by atoms with Crippen LogP contribution in [0.3, 0.4) is 0 Å². The van der Waals surface area contributed by atoms with Crippen molar-refractivity contribution in [2.24, 2.45) is 11.8 Å². The number of hydrogen-bond acceptors (Lipinski definition) is 18. The fraction of sp³-hybridized carbons (Fsp3) is 0.825. The molecule has 0 aromatic heterocycles. The molecular weight excluding hydrogens is 811 g/mol. The summed E-state index contributed by atoms with van der Waals surface area (Å²) in [5, 5.41) is 31.2. The first-order valence-electron chi connectivity index (χ1n) is 19.8. The van der Waals surface area contributed by atoms with E-state index in [0.717, 1.165) is 60.3 Å². The molecule has 0 saturated carbocycles. The van der Waals surface area contributed by atoms with E-state index in [1.54, 1.807) is 11.8 Å². The van der Waals surface area contributed by atoms with E-state index in [9.17, 15) is 24.0 Å². The lowest BCUT2D eigenvalue weighted by molar-refractivity contribution is -0.266. The van der Waals surface area contributed by atoms with Crippen LogP contribution in [0.25, 0.3) is 0 Å². The second-order valence-corrected chi connectivity index (χ2v) is 17.7. The highest BCUT2D eigenvalue weighted by Crippen LogP contribution is 2.34. The first-order chi connectivity index (χ1) is 27.4. The summed E-state index contributed by atoms with van der Waals surface area (Å²) < 4.78 is 27.4. The third-order valence-electron chi connectivity index (χ3n) is 7.04. The van der Waals surface area contributed by atoms with E-state index >= 15 is 0 Å². The van der Waals surface area contributed by atoms with Crippen molar-refractivity contribution in [1.82, 2.24) is 10.6 Å². The minimum absolute atomic E-state index is 0.0243. The zero-order chi connectivity index (χ0) is 45.4. The Morgan fingerprint density at radius 1 is 0.948 bits per heavy atom. The Hall–Kier alpha value is -2.21. The molecule has 1 aliphatic rings. The quantitative estimate of drug-likeness (QED) is 0.0351. The summed E-state index contributed by atoms with van der Waals surface area (Å²) in [6.07, 6.45) is 3.78. The smallest absolute Gasteiger partial charge is 0.303 e. The molecule has 0 aromatic carbocycles. The van der Waals surface area contributed by atoms with Crippen LogP contribution < -0.4 is 10.6 Å². The summed E-state index contributed by atoms with van der Waals surface area (Å²) in [5.74, 6) is 0.816. The van der Waals surface area contributed by atoms with Gasteiger partial charge >= 0.3 is 17.9 Å². The van der Waals surface area contributed by atoms with Crippen LogP contribution in [0.2, 0.25) is 0 Å². The summed E-state index contributed by atoms with van der Waals surface area (Å²) in [4.78, 5) is 53.5. The number of rotatable bonds is 22. The number of nitriles is 1. The zero-order valence-electron chi connectivity index (χ0n) is 36.9. The molecule has 1 saturated heterocycles. The number of thiocarbonyl (C=S) groups is 1. The molecule has 1 fully saturated rings. The van der Waals surface area contributed by atoms with Gasteiger partial charge in [0.25, 0.3) is 0 Å². The molecule has 0 spiro atoms. The Morgan fingerprint density at radius 3 is 1.95 bits per heavy atom. The van der Waals surface area contributed by atoms with Crippen molar-refractivity contribution in [3.8, 4) is 6.07 Å². The van der Waals surface area contributed by atoms with E-state index in [4.69, 9.17) is 51.4 Å². The molecule has 1 rings (SSSR count). The normalized spacial score (nSPS) is 17.7. The summed E-state index contributed by atoms with van der Waals surface area (Å²) in [6, 6.07) is 2.21. The van der Waals surface area contributed by atoms with E-state index in [1.165, 1.54) is 32.5 Å². The minimum Gasteiger partial charge on any atom is -0.463 e. The van der Waals surface area contributed by atoms with Gasteiger partial charge in [-0.25, -0.2) is 0 Å². The summed E-state index contributed by atoms with van der Waals surface area (Å²) in [6.45, 7) is 18.9. The maximum Gasteiger partial charge on any atom is 0.303 e. The lowest BCUT2D eigenvalue weighted by Crippen LogP contribution is -2.54. The number of ether oxygens (including phenoxy) is 5. The first-order valence-corrected chi connectivity index (χ1v) is 22.0. The number of hydrogen-bond donors (Lipinski definition) is 4. The average Bonchev–Trinajstić information content (AvgIpc) is 3.13. The number of nitrogens with zero attached hydrogens (tertiary/aromatic N) is 1. The fourth-order valence-corrected chi connectivity index (χ4v) is 7.23. The third kappa shape index (κ3) is 43.4. The number of nitrogens with one attached hydrogen (secondary N) is 2. The zero-order valence-corrected chi connectivity index (χ0v) is 39.3.